The van der Waals surface area contributed by atoms with Gasteiger partial charge in [0.15, 0.2) is 5.75 Å². The van der Waals surface area contributed by atoms with Crippen LogP contribution in [-0.2, 0) is 6.42 Å². The molecule has 168 valence electrons. The van der Waals surface area contributed by atoms with E-state index in [1.807, 2.05) is 12.1 Å². The molecule has 12 heteroatoms. The van der Waals surface area contributed by atoms with Gasteiger partial charge in [-0.15, -0.1) is 5.10 Å². The molecule has 0 bridgehead atoms. The predicted octanol–water partition coefficient (Wildman–Crippen LogP) is 3.66. The minimum absolute atomic E-state index is 0.0577. The summed E-state index contributed by atoms with van der Waals surface area (Å²) in [5.41, 5.74) is -0.120. The number of aromatic nitrogens is 5. The van der Waals surface area contributed by atoms with Gasteiger partial charge in [0.05, 0.1) is 15.7 Å². The minimum Gasteiger partial charge on any atom is -0.434 e. The molecule has 4 rings (SSSR count). The molecule has 2 aromatic carbocycles. The molecule has 0 atom stereocenters. The molecule has 0 aliphatic heterocycles. The van der Waals surface area contributed by atoms with Crippen molar-refractivity contribution in [2.45, 2.75) is 13.3 Å². The fraction of sp³-hybridized carbons (Fsp3) is 0.0952. The summed E-state index contributed by atoms with van der Waals surface area (Å²) < 4.78 is 6.68. The molecular weight excluding hydrogens is 493 g/mol. The van der Waals surface area contributed by atoms with E-state index in [1.165, 1.54) is 25.1 Å². The van der Waals surface area contributed by atoms with E-state index in [2.05, 4.69) is 20.3 Å². The average molecular weight is 507 g/mol. The largest absolute Gasteiger partial charge is 0.434 e. The summed E-state index contributed by atoms with van der Waals surface area (Å²) in [6, 6.07) is 11.4. The van der Waals surface area contributed by atoms with Crippen molar-refractivity contribution < 1.29 is 4.74 Å². The van der Waals surface area contributed by atoms with Gasteiger partial charge in [0.2, 0.25) is 5.88 Å². The Balaban J connectivity index is 1.65. The number of benzene rings is 2. The summed E-state index contributed by atoms with van der Waals surface area (Å²) in [7, 11) is 0. The number of hydrogen-bond acceptors (Lipinski definition) is 6. The number of ether oxygens (including phenoxy) is 1. The Morgan fingerprint density at radius 3 is 2.30 bits per heavy atom. The highest BCUT2D eigenvalue weighted by Gasteiger charge is 2.16. The van der Waals surface area contributed by atoms with Crippen LogP contribution in [0, 0.1) is 6.92 Å². The Labute approximate surface area is 200 Å². The van der Waals surface area contributed by atoms with Crippen molar-refractivity contribution >= 4 is 34.8 Å². The first kappa shape index (κ1) is 22.8. The van der Waals surface area contributed by atoms with Crippen LogP contribution in [0.3, 0.4) is 0 Å². The van der Waals surface area contributed by atoms with Crippen LogP contribution < -0.4 is 21.5 Å². The van der Waals surface area contributed by atoms with Crippen LogP contribution in [-0.4, -0.2) is 25.0 Å². The lowest BCUT2D eigenvalue weighted by Crippen LogP contribution is -2.32. The highest BCUT2D eigenvalue weighted by molar-refractivity contribution is 6.37. The molecule has 0 aliphatic rings. The Bertz CT molecular complexity index is 1500. The lowest BCUT2D eigenvalue weighted by Gasteiger charge is -2.12. The standard InChI is InChI=1S/C21H14Cl3N5O4/c1-10-19(30)25-21(32)29(28-10)14-8-15(23)18(16(24)9-14)33-17-7-12(20(31)27-26-17)6-11-2-4-13(22)5-3-11/h2-5,7-9H,6H2,1H3,(H,27,31)(H,25,30,32). The van der Waals surface area contributed by atoms with Gasteiger partial charge < -0.3 is 4.74 Å². The molecule has 2 heterocycles. The minimum atomic E-state index is -0.749. The summed E-state index contributed by atoms with van der Waals surface area (Å²) in [5.74, 6) is 0.124. The summed E-state index contributed by atoms with van der Waals surface area (Å²) in [6.07, 6.45) is 0.325. The molecule has 0 saturated heterocycles. The van der Waals surface area contributed by atoms with Crippen LogP contribution in [0.5, 0.6) is 11.6 Å². The van der Waals surface area contributed by atoms with E-state index in [1.54, 1.807) is 12.1 Å². The smallest absolute Gasteiger partial charge is 0.349 e. The van der Waals surface area contributed by atoms with Gasteiger partial charge in [-0.2, -0.15) is 9.78 Å². The summed E-state index contributed by atoms with van der Waals surface area (Å²) in [6.45, 7) is 1.46. The number of hydrogen-bond donors (Lipinski definition) is 2. The fourth-order valence-electron chi connectivity index (χ4n) is 2.96. The second-order valence-corrected chi connectivity index (χ2v) is 8.21. The first-order valence-corrected chi connectivity index (χ1v) is 10.6. The lowest BCUT2D eigenvalue weighted by molar-refractivity contribution is 0.453. The van der Waals surface area contributed by atoms with Gasteiger partial charge in [-0.05, 0) is 36.8 Å². The third kappa shape index (κ3) is 5.00. The quantitative estimate of drug-likeness (QED) is 0.426. The Kier molecular flexibility index (Phi) is 6.37. The molecule has 2 aromatic heterocycles. The predicted molar refractivity (Wildman–Crippen MR) is 124 cm³/mol. The number of aryl methyl sites for hydroxylation is 1. The van der Waals surface area contributed by atoms with Crippen LogP contribution in [0.1, 0.15) is 16.8 Å². The first-order valence-electron chi connectivity index (χ1n) is 9.42. The SMILES string of the molecule is Cc1nn(-c2cc(Cl)c(Oc3cc(Cc4ccc(Cl)cc4)c(=O)[nH]n3)c(Cl)c2)c(=O)[nH]c1=O. The van der Waals surface area contributed by atoms with E-state index in [9.17, 15) is 14.4 Å². The number of rotatable bonds is 5. The Morgan fingerprint density at radius 1 is 0.970 bits per heavy atom. The molecule has 9 nitrogen and oxygen atoms in total. The van der Waals surface area contributed by atoms with Gasteiger partial charge in [-0.25, -0.2) is 9.89 Å². The number of nitrogens with zero attached hydrogens (tertiary/aromatic N) is 3. The molecule has 0 fully saturated rings. The van der Waals surface area contributed by atoms with Crippen molar-refractivity contribution in [3.63, 3.8) is 0 Å². The monoisotopic (exact) mass is 505 g/mol. The van der Waals surface area contributed by atoms with E-state index in [0.717, 1.165) is 10.2 Å². The average Bonchev–Trinajstić information content (AvgIpc) is 2.77. The van der Waals surface area contributed by atoms with Crippen LogP contribution in [0.25, 0.3) is 5.69 Å². The molecule has 0 aliphatic carbocycles. The maximum Gasteiger partial charge on any atom is 0.349 e. The zero-order valence-corrected chi connectivity index (χ0v) is 19.1. The first-order chi connectivity index (χ1) is 15.7. The summed E-state index contributed by atoms with van der Waals surface area (Å²) >= 11 is 18.6. The zero-order valence-electron chi connectivity index (χ0n) is 16.9. The van der Waals surface area contributed by atoms with E-state index < -0.39 is 11.2 Å². The lowest BCUT2D eigenvalue weighted by atomic mass is 10.1. The maximum absolute atomic E-state index is 12.2. The van der Waals surface area contributed by atoms with Gasteiger partial charge in [0.25, 0.3) is 11.1 Å². The second-order valence-electron chi connectivity index (χ2n) is 6.96. The maximum atomic E-state index is 12.2. The van der Waals surface area contributed by atoms with Crippen molar-refractivity contribution in [2.75, 3.05) is 0 Å². The van der Waals surface area contributed by atoms with Gasteiger partial charge >= 0.3 is 5.69 Å². The van der Waals surface area contributed by atoms with Gasteiger partial charge in [-0.3, -0.25) is 14.6 Å². The fourth-order valence-corrected chi connectivity index (χ4v) is 3.64. The van der Waals surface area contributed by atoms with Crippen molar-refractivity contribution in [1.82, 2.24) is 25.0 Å². The van der Waals surface area contributed by atoms with Crippen LogP contribution >= 0.6 is 34.8 Å². The third-order valence-electron chi connectivity index (χ3n) is 4.59. The topological polar surface area (TPSA) is 123 Å². The highest BCUT2D eigenvalue weighted by atomic mass is 35.5. The van der Waals surface area contributed by atoms with E-state index in [4.69, 9.17) is 39.5 Å². The Hall–Kier alpha value is -3.40. The van der Waals surface area contributed by atoms with Crippen LogP contribution in [0.15, 0.2) is 56.8 Å². The molecule has 0 unspecified atom stereocenters. The van der Waals surface area contributed by atoms with Gasteiger partial charge in [0.1, 0.15) is 5.69 Å². The number of halogens is 3. The molecule has 2 N–H and O–H groups in total. The van der Waals surface area contributed by atoms with E-state index >= 15 is 0 Å². The van der Waals surface area contributed by atoms with Crippen molar-refractivity contribution in [1.29, 1.82) is 0 Å². The van der Waals surface area contributed by atoms with Crippen LogP contribution in [0.4, 0.5) is 0 Å². The van der Waals surface area contributed by atoms with Gasteiger partial charge in [0, 0.05) is 23.1 Å². The molecule has 0 radical (unpaired) electrons. The number of aromatic amines is 2. The highest BCUT2D eigenvalue weighted by Crippen LogP contribution is 2.37. The van der Waals surface area contributed by atoms with Crippen LogP contribution in [0.2, 0.25) is 15.1 Å². The summed E-state index contributed by atoms with van der Waals surface area (Å²) in [5, 5.41) is 10.9. The van der Waals surface area contributed by atoms with Crippen molar-refractivity contribution in [3.05, 3.63) is 106 Å². The zero-order chi connectivity index (χ0) is 23.7. The molecule has 0 spiro atoms. The van der Waals surface area contributed by atoms with Crippen molar-refractivity contribution in [2.24, 2.45) is 0 Å². The Morgan fingerprint density at radius 2 is 1.64 bits per heavy atom. The molecule has 0 amide bonds. The van der Waals surface area contributed by atoms with Crippen molar-refractivity contribution in [3.8, 4) is 17.3 Å². The second kappa shape index (κ2) is 9.22. The molecule has 4 aromatic rings. The molecule has 0 saturated carbocycles. The van der Waals surface area contributed by atoms with E-state index in [0.29, 0.717) is 17.0 Å². The number of H-pyrrole nitrogens is 2. The molecular formula is C21H14Cl3N5O4. The molecule has 33 heavy (non-hydrogen) atoms. The third-order valence-corrected chi connectivity index (χ3v) is 5.40. The van der Waals surface area contributed by atoms with Gasteiger partial charge in [-0.1, -0.05) is 46.9 Å². The summed E-state index contributed by atoms with van der Waals surface area (Å²) in [4.78, 5) is 38.0. The normalized spacial score (nSPS) is 10.9. The van der Waals surface area contributed by atoms with E-state index in [-0.39, 0.29) is 38.6 Å². The number of nitrogens with one attached hydrogen (secondary N) is 2.